The Kier molecular flexibility index (Phi) is 5.06. The summed E-state index contributed by atoms with van der Waals surface area (Å²) < 4.78 is 15.1. The van der Waals surface area contributed by atoms with E-state index < -0.39 is 6.04 Å². The van der Waals surface area contributed by atoms with Crippen LogP contribution in [0.2, 0.25) is 0 Å². The lowest BCUT2D eigenvalue weighted by Crippen LogP contribution is -2.46. The second-order valence-corrected chi connectivity index (χ2v) is 5.84. The third-order valence-electron chi connectivity index (χ3n) is 4.29. The molecular weight excluding hydrogens is 328 g/mol. The number of amides is 2. The second-order valence-electron chi connectivity index (χ2n) is 5.84. The van der Waals surface area contributed by atoms with Crippen LogP contribution in [0, 0.1) is 0 Å². The standard InChI is InChI=1S/C17H20N2O6/c1-23-15(20)6-7-18-16(21)12-3-2-8-19(12)17(22)11-4-5-13-14(9-11)25-10-24-13/h4-5,9,12H,2-3,6-8,10H2,1H3,(H,18,21). The lowest BCUT2D eigenvalue weighted by molar-refractivity contribution is -0.140. The van der Waals surface area contributed by atoms with Crippen molar-refractivity contribution in [3.63, 3.8) is 0 Å². The molecule has 3 rings (SSSR count). The monoisotopic (exact) mass is 348 g/mol. The lowest BCUT2D eigenvalue weighted by atomic mass is 10.1. The number of esters is 1. The van der Waals surface area contributed by atoms with Gasteiger partial charge in [0.2, 0.25) is 12.7 Å². The van der Waals surface area contributed by atoms with E-state index >= 15 is 0 Å². The molecule has 0 spiro atoms. The van der Waals surface area contributed by atoms with Crippen molar-refractivity contribution in [3.8, 4) is 11.5 Å². The fourth-order valence-electron chi connectivity index (χ4n) is 2.99. The highest BCUT2D eigenvalue weighted by atomic mass is 16.7. The van der Waals surface area contributed by atoms with Crippen molar-refractivity contribution in [3.05, 3.63) is 23.8 Å². The van der Waals surface area contributed by atoms with Crippen LogP contribution >= 0.6 is 0 Å². The van der Waals surface area contributed by atoms with Crippen molar-refractivity contribution in [2.24, 2.45) is 0 Å². The van der Waals surface area contributed by atoms with Gasteiger partial charge in [-0.05, 0) is 31.0 Å². The first-order valence-corrected chi connectivity index (χ1v) is 8.15. The van der Waals surface area contributed by atoms with Crippen LogP contribution in [0.25, 0.3) is 0 Å². The highest BCUT2D eigenvalue weighted by molar-refractivity contribution is 5.98. The third kappa shape index (κ3) is 3.67. The number of methoxy groups -OCH3 is 1. The summed E-state index contributed by atoms with van der Waals surface area (Å²) in [5.74, 6) is 0.277. The molecule has 8 heteroatoms. The second kappa shape index (κ2) is 7.42. The molecule has 25 heavy (non-hydrogen) atoms. The fraction of sp³-hybridized carbons (Fsp3) is 0.471. The van der Waals surface area contributed by atoms with E-state index in [1.54, 1.807) is 23.1 Å². The fourth-order valence-corrected chi connectivity index (χ4v) is 2.99. The number of rotatable bonds is 5. The molecule has 0 bridgehead atoms. The Labute approximate surface area is 145 Å². The molecule has 1 atom stereocenters. The van der Waals surface area contributed by atoms with Gasteiger partial charge in [0.25, 0.3) is 5.91 Å². The quantitative estimate of drug-likeness (QED) is 0.787. The number of ether oxygens (including phenoxy) is 3. The third-order valence-corrected chi connectivity index (χ3v) is 4.29. The van der Waals surface area contributed by atoms with Gasteiger partial charge >= 0.3 is 5.97 Å². The van der Waals surface area contributed by atoms with Gasteiger partial charge in [0.05, 0.1) is 13.5 Å². The molecule has 8 nitrogen and oxygen atoms in total. The highest BCUT2D eigenvalue weighted by Crippen LogP contribution is 2.33. The van der Waals surface area contributed by atoms with Crippen molar-refractivity contribution in [1.29, 1.82) is 0 Å². The number of likely N-dealkylation sites (tertiary alicyclic amines) is 1. The number of nitrogens with zero attached hydrogens (tertiary/aromatic N) is 1. The van der Waals surface area contributed by atoms with E-state index in [9.17, 15) is 14.4 Å². The summed E-state index contributed by atoms with van der Waals surface area (Å²) in [7, 11) is 1.30. The Morgan fingerprint density at radius 2 is 2.08 bits per heavy atom. The summed E-state index contributed by atoms with van der Waals surface area (Å²) in [4.78, 5) is 37.8. The predicted molar refractivity (Wildman–Crippen MR) is 86.3 cm³/mol. The maximum absolute atomic E-state index is 12.8. The molecule has 0 saturated carbocycles. The van der Waals surface area contributed by atoms with E-state index in [0.717, 1.165) is 6.42 Å². The van der Waals surface area contributed by atoms with Crippen LogP contribution in [0.1, 0.15) is 29.6 Å². The van der Waals surface area contributed by atoms with Gasteiger partial charge in [0.15, 0.2) is 11.5 Å². The molecule has 2 heterocycles. The molecule has 1 aromatic rings. The number of nitrogens with one attached hydrogen (secondary N) is 1. The molecule has 1 saturated heterocycles. The minimum atomic E-state index is -0.532. The summed E-state index contributed by atoms with van der Waals surface area (Å²) in [5.41, 5.74) is 0.457. The summed E-state index contributed by atoms with van der Waals surface area (Å²) in [5, 5.41) is 2.69. The SMILES string of the molecule is COC(=O)CCNC(=O)C1CCCN1C(=O)c1ccc2c(c1)OCO2. The zero-order valence-electron chi connectivity index (χ0n) is 13.9. The van der Waals surface area contributed by atoms with E-state index in [4.69, 9.17) is 9.47 Å². The van der Waals surface area contributed by atoms with Crippen molar-refractivity contribution >= 4 is 17.8 Å². The molecule has 1 fully saturated rings. The van der Waals surface area contributed by atoms with Crippen molar-refractivity contribution in [2.45, 2.75) is 25.3 Å². The van der Waals surface area contributed by atoms with E-state index in [2.05, 4.69) is 10.1 Å². The van der Waals surface area contributed by atoms with Gasteiger partial charge in [-0.15, -0.1) is 0 Å². The number of carbonyl (C=O) groups excluding carboxylic acids is 3. The molecule has 0 radical (unpaired) electrons. The maximum Gasteiger partial charge on any atom is 0.307 e. The van der Waals surface area contributed by atoms with Crippen LogP contribution in [0.15, 0.2) is 18.2 Å². The summed E-state index contributed by atoms with van der Waals surface area (Å²) >= 11 is 0. The number of hydrogen-bond donors (Lipinski definition) is 1. The Morgan fingerprint density at radius 1 is 1.28 bits per heavy atom. The number of benzene rings is 1. The van der Waals surface area contributed by atoms with Crippen LogP contribution in [0.3, 0.4) is 0 Å². The van der Waals surface area contributed by atoms with Gasteiger partial charge in [0, 0.05) is 18.7 Å². The van der Waals surface area contributed by atoms with E-state index in [1.165, 1.54) is 7.11 Å². The van der Waals surface area contributed by atoms with Gasteiger partial charge < -0.3 is 24.4 Å². The largest absolute Gasteiger partial charge is 0.469 e. The lowest BCUT2D eigenvalue weighted by Gasteiger charge is -2.24. The number of carbonyl (C=O) groups is 3. The van der Waals surface area contributed by atoms with Crippen LogP contribution < -0.4 is 14.8 Å². The first kappa shape index (κ1) is 17.1. The first-order valence-electron chi connectivity index (χ1n) is 8.15. The van der Waals surface area contributed by atoms with Crippen LogP contribution in [-0.2, 0) is 14.3 Å². The van der Waals surface area contributed by atoms with Crippen LogP contribution in [-0.4, -0.2) is 55.7 Å². The van der Waals surface area contributed by atoms with Crippen molar-refractivity contribution in [1.82, 2.24) is 10.2 Å². The zero-order valence-corrected chi connectivity index (χ0v) is 13.9. The minimum Gasteiger partial charge on any atom is -0.469 e. The smallest absolute Gasteiger partial charge is 0.307 e. The van der Waals surface area contributed by atoms with E-state index in [0.29, 0.717) is 30.0 Å². The summed E-state index contributed by atoms with van der Waals surface area (Å²) in [6, 6.07) is 4.46. The average Bonchev–Trinajstić information content (AvgIpc) is 3.29. The molecule has 2 aliphatic rings. The first-order chi connectivity index (χ1) is 12.1. The normalized spacial score (nSPS) is 18.1. The molecule has 134 valence electrons. The average molecular weight is 348 g/mol. The van der Waals surface area contributed by atoms with Gasteiger partial charge in [0.1, 0.15) is 6.04 Å². The Bertz CT molecular complexity index is 690. The van der Waals surface area contributed by atoms with Gasteiger partial charge in [-0.2, -0.15) is 0 Å². The number of hydrogen-bond acceptors (Lipinski definition) is 6. The topological polar surface area (TPSA) is 94.2 Å². The van der Waals surface area contributed by atoms with Gasteiger partial charge in [-0.1, -0.05) is 0 Å². The minimum absolute atomic E-state index is 0.102. The highest BCUT2D eigenvalue weighted by Gasteiger charge is 2.34. The molecular formula is C17H20N2O6. The summed E-state index contributed by atoms with van der Waals surface area (Å²) in [6.07, 6.45) is 1.46. The van der Waals surface area contributed by atoms with Gasteiger partial charge in [-0.3, -0.25) is 14.4 Å². The van der Waals surface area contributed by atoms with Crippen LogP contribution in [0.5, 0.6) is 11.5 Å². The molecule has 1 unspecified atom stereocenters. The molecule has 0 aliphatic carbocycles. The maximum atomic E-state index is 12.8. The molecule has 1 aromatic carbocycles. The zero-order chi connectivity index (χ0) is 17.8. The van der Waals surface area contributed by atoms with Gasteiger partial charge in [-0.25, -0.2) is 0 Å². The van der Waals surface area contributed by atoms with Crippen molar-refractivity contribution in [2.75, 3.05) is 27.0 Å². The molecule has 0 aromatic heterocycles. The molecule has 2 amide bonds. The Hall–Kier alpha value is -2.77. The summed E-state index contributed by atoms with van der Waals surface area (Å²) in [6.45, 7) is 0.846. The van der Waals surface area contributed by atoms with E-state index in [-0.39, 0.29) is 37.5 Å². The predicted octanol–water partition coefficient (Wildman–Crippen LogP) is 0.699. The number of fused-ring (bicyclic) bond motifs is 1. The van der Waals surface area contributed by atoms with Crippen LogP contribution in [0.4, 0.5) is 0 Å². The molecule has 1 N–H and O–H groups in total. The Morgan fingerprint density at radius 3 is 2.88 bits per heavy atom. The Balaban J connectivity index is 1.63. The molecule has 2 aliphatic heterocycles. The van der Waals surface area contributed by atoms with Crippen molar-refractivity contribution < 1.29 is 28.6 Å². The van der Waals surface area contributed by atoms with E-state index in [1.807, 2.05) is 0 Å².